The number of benzene rings is 3. The third-order valence-corrected chi connectivity index (χ3v) is 6.17. The Bertz CT molecular complexity index is 1110. The SMILES string of the molecule is CCOc1ccc2nc(SCC(=O)Nc3ccc4ccccc4c3)sc2c1. The summed E-state index contributed by atoms with van der Waals surface area (Å²) in [4.78, 5) is 16.9. The summed E-state index contributed by atoms with van der Waals surface area (Å²) in [5.41, 5.74) is 1.74. The number of aromatic nitrogens is 1. The fourth-order valence-corrected chi connectivity index (χ4v) is 4.69. The molecule has 136 valence electrons. The maximum atomic E-state index is 12.3. The molecular weight excluding hydrogens is 376 g/mol. The number of nitrogens with one attached hydrogen (secondary N) is 1. The Morgan fingerprint density at radius 3 is 2.81 bits per heavy atom. The van der Waals surface area contributed by atoms with E-state index in [1.54, 1.807) is 11.3 Å². The number of carbonyl (C=O) groups is 1. The zero-order chi connectivity index (χ0) is 18.6. The number of amides is 1. The Kier molecular flexibility index (Phi) is 5.27. The molecule has 0 aliphatic carbocycles. The van der Waals surface area contributed by atoms with Gasteiger partial charge in [-0.3, -0.25) is 4.79 Å². The van der Waals surface area contributed by atoms with Crippen LogP contribution in [0.1, 0.15) is 6.92 Å². The monoisotopic (exact) mass is 394 g/mol. The van der Waals surface area contributed by atoms with Gasteiger partial charge in [0.05, 0.1) is 22.6 Å². The van der Waals surface area contributed by atoms with Crippen molar-refractivity contribution in [1.29, 1.82) is 0 Å². The minimum Gasteiger partial charge on any atom is -0.494 e. The van der Waals surface area contributed by atoms with E-state index in [4.69, 9.17) is 4.74 Å². The quantitative estimate of drug-likeness (QED) is 0.434. The van der Waals surface area contributed by atoms with Crippen molar-refractivity contribution in [2.45, 2.75) is 11.3 Å². The summed E-state index contributed by atoms with van der Waals surface area (Å²) in [6, 6.07) is 19.9. The van der Waals surface area contributed by atoms with Crippen LogP contribution in [0.15, 0.2) is 65.0 Å². The molecule has 27 heavy (non-hydrogen) atoms. The molecule has 0 spiro atoms. The molecule has 0 unspecified atom stereocenters. The lowest BCUT2D eigenvalue weighted by Gasteiger charge is -2.06. The number of thioether (sulfide) groups is 1. The number of nitrogens with zero attached hydrogens (tertiary/aromatic N) is 1. The minimum atomic E-state index is -0.0375. The molecule has 0 saturated carbocycles. The number of rotatable bonds is 6. The predicted molar refractivity (Wildman–Crippen MR) is 114 cm³/mol. The molecular formula is C21H18N2O2S2. The maximum absolute atomic E-state index is 12.3. The minimum absolute atomic E-state index is 0.0375. The number of thiazole rings is 1. The van der Waals surface area contributed by atoms with Crippen molar-refractivity contribution >= 4 is 55.7 Å². The molecule has 0 saturated heterocycles. The van der Waals surface area contributed by atoms with Crippen LogP contribution >= 0.6 is 23.1 Å². The average molecular weight is 395 g/mol. The number of ether oxygens (including phenoxy) is 1. The van der Waals surface area contributed by atoms with Crippen LogP contribution in [0.5, 0.6) is 5.75 Å². The second-order valence-electron chi connectivity index (χ2n) is 5.94. The summed E-state index contributed by atoms with van der Waals surface area (Å²) in [5, 5.41) is 5.23. The van der Waals surface area contributed by atoms with E-state index >= 15 is 0 Å². The first-order valence-electron chi connectivity index (χ1n) is 8.66. The van der Waals surface area contributed by atoms with Gasteiger partial charge in [0, 0.05) is 5.69 Å². The average Bonchev–Trinajstić information content (AvgIpc) is 3.09. The van der Waals surface area contributed by atoms with Crippen LogP contribution in [0.2, 0.25) is 0 Å². The van der Waals surface area contributed by atoms with Gasteiger partial charge >= 0.3 is 0 Å². The van der Waals surface area contributed by atoms with E-state index in [0.29, 0.717) is 12.4 Å². The van der Waals surface area contributed by atoms with Crippen molar-refractivity contribution in [2.75, 3.05) is 17.7 Å². The Balaban J connectivity index is 1.40. The molecule has 6 heteroatoms. The molecule has 0 radical (unpaired) electrons. The Labute approximate surface area is 165 Å². The molecule has 4 rings (SSSR count). The van der Waals surface area contributed by atoms with Gasteiger partial charge in [0.25, 0.3) is 0 Å². The van der Waals surface area contributed by atoms with E-state index in [9.17, 15) is 4.79 Å². The lowest BCUT2D eigenvalue weighted by Crippen LogP contribution is -2.13. The van der Waals surface area contributed by atoms with Crippen LogP contribution in [0, 0.1) is 0 Å². The zero-order valence-corrected chi connectivity index (χ0v) is 16.4. The van der Waals surface area contributed by atoms with Crippen LogP contribution in [-0.2, 0) is 4.79 Å². The van der Waals surface area contributed by atoms with Crippen LogP contribution in [-0.4, -0.2) is 23.3 Å². The van der Waals surface area contributed by atoms with Gasteiger partial charge in [0.1, 0.15) is 5.75 Å². The second kappa shape index (κ2) is 7.98. The normalized spacial score (nSPS) is 11.0. The molecule has 1 amide bonds. The van der Waals surface area contributed by atoms with Crippen LogP contribution in [0.4, 0.5) is 5.69 Å². The Hall–Kier alpha value is -2.57. The fraction of sp³-hybridized carbons (Fsp3) is 0.143. The van der Waals surface area contributed by atoms with Gasteiger partial charge in [-0.15, -0.1) is 11.3 Å². The van der Waals surface area contributed by atoms with E-state index in [-0.39, 0.29) is 5.91 Å². The summed E-state index contributed by atoms with van der Waals surface area (Å²) in [6.07, 6.45) is 0. The molecule has 4 nitrogen and oxygen atoms in total. The van der Waals surface area contributed by atoms with Crippen molar-refractivity contribution in [3.63, 3.8) is 0 Å². The highest BCUT2D eigenvalue weighted by atomic mass is 32.2. The molecule has 4 aromatic rings. The third-order valence-electron chi connectivity index (χ3n) is 4.01. The van der Waals surface area contributed by atoms with E-state index in [2.05, 4.69) is 16.4 Å². The molecule has 0 fully saturated rings. The molecule has 3 aromatic carbocycles. The lowest BCUT2D eigenvalue weighted by molar-refractivity contribution is -0.113. The molecule has 1 heterocycles. The number of carbonyl (C=O) groups excluding carboxylic acids is 1. The molecule has 1 aromatic heterocycles. The van der Waals surface area contributed by atoms with Crippen LogP contribution < -0.4 is 10.1 Å². The first-order valence-corrected chi connectivity index (χ1v) is 10.5. The largest absolute Gasteiger partial charge is 0.494 e. The smallest absolute Gasteiger partial charge is 0.234 e. The van der Waals surface area contributed by atoms with Crippen LogP contribution in [0.3, 0.4) is 0 Å². The molecule has 0 atom stereocenters. The van der Waals surface area contributed by atoms with Gasteiger partial charge in [-0.2, -0.15) is 0 Å². The van der Waals surface area contributed by atoms with Crippen molar-refractivity contribution in [1.82, 2.24) is 4.98 Å². The van der Waals surface area contributed by atoms with Crippen molar-refractivity contribution < 1.29 is 9.53 Å². The van der Waals surface area contributed by atoms with Gasteiger partial charge in [-0.05, 0) is 48.0 Å². The summed E-state index contributed by atoms with van der Waals surface area (Å²) >= 11 is 3.03. The van der Waals surface area contributed by atoms with Gasteiger partial charge < -0.3 is 10.1 Å². The fourth-order valence-electron chi connectivity index (χ4n) is 2.79. The van der Waals surface area contributed by atoms with Gasteiger partial charge in [-0.1, -0.05) is 42.1 Å². The van der Waals surface area contributed by atoms with Crippen molar-refractivity contribution in [3.05, 3.63) is 60.7 Å². The van der Waals surface area contributed by atoms with Gasteiger partial charge in [0.15, 0.2) is 4.34 Å². The number of hydrogen-bond acceptors (Lipinski definition) is 5. The van der Waals surface area contributed by atoms with Gasteiger partial charge in [0.2, 0.25) is 5.91 Å². The van der Waals surface area contributed by atoms with Gasteiger partial charge in [-0.25, -0.2) is 4.98 Å². The number of hydrogen-bond donors (Lipinski definition) is 1. The highest BCUT2D eigenvalue weighted by Crippen LogP contribution is 2.32. The predicted octanol–water partition coefficient (Wildman–Crippen LogP) is 5.58. The zero-order valence-electron chi connectivity index (χ0n) is 14.8. The van der Waals surface area contributed by atoms with Crippen molar-refractivity contribution in [3.8, 4) is 5.75 Å². The Morgan fingerprint density at radius 2 is 1.96 bits per heavy atom. The van der Waals surface area contributed by atoms with E-state index in [0.717, 1.165) is 36.8 Å². The van der Waals surface area contributed by atoms with Crippen LogP contribution in [0.25, 0.3) is 21.0 Å². The first-order chi connectivity index (χ1) is 13.2. The summed E-state index contributed by atoms with van der Waals surface area (Å²) in [7, 11) is 0. The standard InChI is InChI=1S/C21H18N2O2S2/c1-2-25-17-9-10-18-19(12-17)27-21(23-18)26-13-20(24)22-16-8-7-14-5-3-4-6-15(14)11-16/h3-12H,2,13H2,1H3,(H,22,24). The third kappa shape index (κ3) is 4.23. The van der Waals surface area contributed by atoms with E-state index in [1.807, 2.05) is 61.5 Å². The van der Waals surface area contributed by atoms with Crippen molar-refractivity contribution in [2.24, 2.45) is 0 Å². The molecule has 0 aliphatic heterocycles. The highest BCUT2D eigenvalue weighted by Gasteiger charge is 2.09. The lowest BCUT2D eigenvalue weighted by atomic mass is 10.1. The molecule has 0 bridgehead atoms. The number of anilines is 1. The Morgan fingerprint density at radius 1 is 1.11 bits per heavy atom. The summed E-state index contributed by atoms with van der Waals surface area (Å²) < 4.78 is 7.48. The molecule has 0 aliphatic rings. The molecule has 1 N–H and O–H groups in total. The van der Waals surface area contributed by atoms with E-state index in [1.165, 1.54) is 11.8 Å². The number of fused-ring (bicyclic) bond motifs is 2. The highest BCUT2D eigenvalue weighted by molar-refractivity contribution is 8.01. The summed E-state index contributed by atoms with van der Waals surface area (Å²) in [5.74, 6) is 1.13. The van der Waals surface area contributed by atoms with E-state index < -0.39 is 0 Å². The second-order valence-corrected chi connectivity index (χ2v) is 8.19. The maximum Gasteiger partial charge on any atom is 0.234 e. The first kappa shape index (κ1) is 17.8. The summed E-state index contributed by atoms with van der Waals surface area (Å²) in [6.45, 7) is 2.60. The topological polar surface area (TPSA) is 51.2 Å².